The fourth-order valence-corrected chi connectivity index (χ4v) is 2.78. The summed E-state index contributed by atoms with van der Waals surface area (Å²) in [7, 11) is 0. The number of thiazole rings is 1. The number of carbonyl (C=O) groups excluding carboxylic acids is 1. The van der Waals surface area contributed by atoms with Crippen LogP contribution in [0.15, 0.2) is 29.6 Å². The van der Waals surface area contributed by atoms with Crippen molar-refractivity contribution >= 4 is 17.2 Å². The summed E-state index contributed by atoms with van der Waals surface area (Å²) in [5.74, 6) is -0.323. The van der Waals surface area contributed by atoms with Crippen molar-refractivity contribution < 1.29 is 9.18 Å². The number of amides is 1. The Kier molecular flexibility index (Phi) is 3.53. The highest BCUT2D eigenvalue weighted by molar-refractivity contribution is 7.09. The summed E-state index contributed by atoms with van der Waals surface area (Å²) in [6.45, 7) is 2.33. The lowest BCUT2D eigenvalue weighted by Gasteiger charge is -2.21. The molecule has 2 aromatic rings. The van der Waals surface area contributed by atoms with E-state index in [1.54, 1.807) is 11.4 Å². The molecule has 0 N–H and O–H groups in total. The summed E-state index contributed by atoms with van der Waals surface area (Å²) in [5, 5.41) is 2.67. The van der Waals surface area contributed by atoms with Gasteiger partial charge in [-0.3, -0.25) is 4.79 Å². The topological polar surface area (TPSA) is 33.2 Å². The molecule has 5 heteroatoms. The van der Waals surface area contributed by atoms with E-state index in [0.29, 0.717) is 12.2 Å². The van der Waals surface area contributed by atoms with Crippen molar-refractivity contribution in [3.05, 3.63) is 51.7 Å². The molecule has 0 saturated heterocycles. The zero-order valence-corrected chi connectivity index (χ0v) is 12.0. The molecule has 3 nitrogen and oxygen atoms in total. The van der Waals surface area contributed by atoms with Crippen LogP contribution in [0.5, 0.6) is 0 Å². The molecule has 0 aliphatic heterocycles. The molecule has 3 rings (SSSR count). The number of aryl methyl sites for hydroxylation is 1. The predicted molar refractivity (Wildman–Crippen MR) is 76.1 cm³/mol. The van der Waals surface area contributed by atoms with Crippen molar-refractivity contribution in [2.24, 2.45) is 0 Å². The minimum atomic E-state index is -0.268. The fraction of sp³-hybridized carbons (Fsp3) is 0.333. The van der Waals surface area contributed by atoms with Crippen molar-refractivity contribution in [2.75, 3.05) is 0 Å². The van der Waals surface area contributed by atoms with Gasteiger partial charge in [-0.05, 0) is 37.5 Å². The zero-order chi connectivity index (χ0) is 14.1. The Morgan fingerprint density at radius 2 is 2.30 bits per heavy atom. The van der Waals surface area contributed by atoms with Gasteiger partial charge in [0, 0.05) is 18.0 Å². The van der Waals surface area contributed by atoms with E-state index in [9.17, 15) is 9.18 Å². The molecule has 0 atom stereocenters. The molecule has 0 unspecified atom stereocenters. The highest BCUT2D eigenvalue weighted by Gasteiger charge is 2.33. The number of hydrogen-bond donors (Lipinski definition) is 0. The van der Waals surface area contributed by atoms with Gasteiger partial charge in [0.1, 0.15) is 11.5 Å². The van der Waals surface area contributed by atoms with E-state index in [1.807, 2.05) is 17.9 Å². The Balaban J connectivity index is 1.81. The van der Waals surface area contributed by atoms with Gasteiger partial charge in [-0.25, -0.2) is 9.37 Å². The van der Waals surface area contributed by atoms with E-state index in [0.717, 1.165) is 23.4 Å². The monoisotopic (exact) mass is 290 g/mol. The lowest BCUT2D eigenvalue weighted by atomic mass is 10.2. The first-order valence-electron chi connectivity index (χ1n) is 6.61. The zero-order valence-electron chi connectivity index (χ0n) is 11.2. The molecule has 1 aromatic carbocycles. The molecular weight excluding hydrogens is 275 g/mol. The highest BCUT2D eigenvalue weighted by Crippen LogP contribution is 2.30. The average Bonchev–Trinajstić information content (AvgIpc) is 3.17. The summed E-state index contributed by atoms with van der Waals surface area (Å²) in [6.07, 6.45) is 2.04. The molecule has 1 saturated carbocycles. The van der Waals surface area contributed by atoms with Gasteiger partial charge >= 0.3 is 0 Å². The first-order chi connectivity index (χ1) is 9.63. The van der Waals surface area contributed by atoms with Gasteiger partial charge < -0.3 is 4.90 Å². The van der Waals surface area contributed by atoms with Gasteiger partial charge in [-0.1, -0.05) is 12.1 Å². The van der Waals surface area contributed by atoms with Crippen LogP contribution >= 0.6 is 11.3 Å². The Morgan fingerprint density at radius 3 is 2.90 bits per heavy atom. The molecule has 0 spiro atoms. The third kappa shape index (κ3) is 2.88. The number of hydrogen-bond acceptors (Lipinski definition) is 3. The van der Waals surface area contributed by atoms with Crippen LogP contribution in [0.2, 0.25) is 0 Å². The number of nitrogens with zero attached hydrogens (tertiary/aromatic N) is 2. The molecule has 104 valence electrons. The van der Waals surface area contributed by atoms with Crippen LogP contribution < -0.4 is 0 Å². The second kappa shape index (κ2) is 5.32. The SMILES string of the molecule is Cc1nc(C(=O)N(Cc2cccc(F)c2)C2CC2)cs1. The summed E-state index contributed by atoms with van der Waals surface area (Å²) in [4.78, 5) is 18.6. The van der Waals surface area contributed by atoms with E-state index in [2.05, 4.69) is 4.98 Å². The molecule has 1 aliphatic rings. The number of rotatable bonds is 4. The second-order valence-electron chi connectivity index (χ2n) is 5.05. The molecule has 20 heavy (non-hydrogen) atoms. The summed E-state index contributed by atoms with van der Waals surface area (Å²) in [6, 6.07) is 6.68. The van der Waals surface area contributed by atoms with Gasteiger partial charge in [-0.15, -0.1) is 11.3 Å². The van der Waals surface area contributed by atoms with Gasteiger partial charge in [-0.2, -0.15) is 0 Å². The Hall–Kier alpha value is -1.75. The largest absolute Gasteiger partial charge is 0.330 e. The van der Waals surface area contributed by atoms with Crippen LogP contribution in [0.1, 0.15) is 33.9 Å². The first-order valence-corrected chi connectivity index (χ1v) is 7.49. The number of benzene rings is 1. The van der Waals surface area contributed by atoms with Gasteiger partial charge in [0.25, 0.3) is 5.91 Å². The molecule has 1 fully saturated rings. The van der Waals surface area contributed by atoms with Crippen molar-refractivity contribution in [3.63, 3.8) is 0 Å². The Bertz CT molecular complexity index is 636. The predicted octanol–water partition coefficient (Wildman–Crippen LogP) is 3.40. The van der Waals surface area contributed by atoms with E-state index in [1.165, 1.54) is 23.5 Å². The molecule has 0 radical (unpaired) electrons. The highest BCUT2D eigenvalue weighted by atomic mass is 32.1. The summed E-state index contributed by atoms with van der Waals surface area (Å²) in [5.41, 5.74) is 1.31. The fourth-order valence-electron chi connectivity index (χ4n) is 2.19. The number of carbonyl (C=O) groups is 1. The Labute approximate surface area is 121 Å². The standard InChI is InChI=1S/C15H15FN2OS/c1-10-17-14(9-20-10)15(19)18(13-5-6-13)8-11-3-2-4-12(16)7-11/h2-4,7,9,13H,5-6,8H2,1H3. The van der Waals surface area contributed by atoms with Crippen LogP contribution in [0, 0.1) is 12.7 Å². The van der Waals surface area contributed by atoms with Crippen LogP contribution in [-0.4, -0.2) is 21.8 Å². The lowest BCUT2D eigenvalue weighted by Crippen LogP contribution is -2.32. The van der Waals surface area contributed by atoms with Crippen molar-refractivity contribution in [1.29, 1.82) is 0 Å². The number of aromatic nitrogens is 1. The minimum Gasteiger partial charge on any atom is -0.330 e. The Morgan fingerprint density at radius 1 is 1.50 bits per heavy atom. The van der Waals surface area contributed by atoms with Crippen molar-refractivity contribution in [3.8, 4) is 0 Å². The van der Waals surface area contributed by atoms with Crippen molar-refractivity contribution in [1.82, 2.24) is 9.88 Å². The normalized spacial score (nSPS) is 14.3. The molecule has 1 amide bonds. The first kappa shape index (κ1) is 13.2. The van der Waals surface area contributed by atoms with Crippen molar-refractivity contribution in [2.45, 2.75) is 32.4 Å². The maximum atomic E-state index is 13.2. The average molecular weight is 290 g/mol. The van der Waals surface area contributed by atoms with Crippen LogP contribution in [0.4, 0.5) is 4.39 Å². The lowest BCUT2D eigenvalue weighted by molar-refractivity contribution is 0.0724. The smallest absolute Gasteiger partial charge is 0.273 e. The third-order valence-corrected chi connectivity index (χ3v) is 4.10. The number of halogens is 1. The summed E-state index contributed by atoms with van der Waals surface area (Å²) < 4.78 is 13.2. The molecule has 1 heterocycles. The molecule has 1 aliphatic carbocycles. The van der Waals surface area contributed by atoms with E-state index >= 15 is 0 Å². The second-order valence-corrected chi connectivity index (χ2v) is 6.11. The van der Waals surface area contributed by atoms with Crippen LogP contribution in [0.3, 0.4) is 0 Å². The maximum absolute atomic E-state index is 13.2. The van der Waals surface area contributed by atoms with E-state index in [4.69, 9.17) is 0 Å². The van der Waals surface area contributed by atoms with E-state index in [-0.39, 0.29) is 17.8 Å². The van der Waals surface area contributed by atoms with Gasteiger partial charge in [0.15, 0.2) is 0 Å². The summed E-state index contributed by atoms with van der Waals surface area (Å²) >= 11 is 1.47. The van der Waals surface area contributed by atoms with Gasteiger partial charge in [0.2, 0.25) is 0 Å². The third-order valence-electron chi connectivity index (χ3n) is 3.33. The van der Waals surface area contributed by atoms with E-state index < -0.39 is 0 Å². The van der Waals surface area contributed by atoms with Crippen LogP contribution in [-0.2, 0) is 6.54 Å². The van der Waals surface area contributed by atoms with Crippen LogP contribution in [0.25, 0.3) is 0 Å². The van der Waals surface area contributed by atoms with Gasteiger partial charge in [0.05, 0.1) is 5.01 Å². The minimum absolute atomic E-state index is 0.0545. The molecule has 0 bridgehead atoms. The molecular formula is C15H15FN2OS. The molecule has 1 aromatic heterocycles. The quantitative estimate of drug-likeness (QED) is 0.864. The maximum Gasteiger partial charge on any atom is 0.273 e.